The van der Waals surface area contributed by atoms with E-state index in [-0.39, 0.29) is 18.5 Å². The zero-order valence-corrected chi connectivity index (χ0v) is 14.1. The molecule has 2 atom stereocenters. The molecule has 8 heteroatoms. The van der Waals surface area contributed by atoms with Gasteiger partial charge in [0.2, 0.25) is 5.95 Å². The van der Waals surface area contributed by atoms with Crippen molar-refractivity contribution < 1.29 is 9.90 Å². The van der Waals surface area contributed by atoms with Gasteiger partial charge in [-0.05, 0) is 30.9 Å². The monoisotopic (exact) mass is 345 g/mol. The molecule has 1 fully saturated rings. The summed E-state index contributed by atoms with van der Waals surface area (Å²) < 4.78 is 0. The first-order valence-corrected chi connectivity index (χ1v) is 8.91. The third-order valence-electron chi connectivity index (χ3n) is 3.94. The van der Waals surface area contributed by atoms with E-state index >= 15 is 0 Å². The molecule has 24 heavy (non-hydrogen) atoms. The summed E-state index contributed by atoms with van der Waals surface area (Å²) in [7, 11) is 0. The second-order valence-electron chi connectivity index (χ2n) is 5.49. The van der Waals surface area contributed by atoms with E-state index in [1.807, 2.05) is 6.26 Å². The van der Waals surface area contributed by atoms with Gasteiger partial charge in [-0.1, -0.05) is 0 Å². The molecule has 0 bridgehead atoms. The van der Waals surface area contributed by atoms with Crippen molar-refractivity contribution in [1.29, 1.82) is 0 Å². The van der Waals surface area contributed by atoms with Crippen LogP contribution in [0.15, 0.2) is 41.8 Å². The molecule has 0 spiro atoms. The maximum absolute atomic E-state index is 12.7. The van der Waals surface area contributed by atoms with E-state index in [9.17, 15) is 9.90 Å². The summed E-state index contributed by atoms with van der Waals surface area (Å²) in [6.07, 6.45) is 6.80. The van der Waals surface area contributed by atoms with Gasteiger partial charge in [-0.2, -0.15) is 0 Å². The van der Waals surface area contributed by atoms with E-state index in [2.05, 4.69) is 20.3 Å². The van der Waals surface area contributed by atoms with Gasteiger partial charge in [-0.25, -0.2) is 15.0 Å². The predicted molar refractivity (Wildman–Crippen MR) is 92.0 cm³/mol. The second kappa shape index (κ2) is 7.59. The van der Waals surface area contributed by atoms with Gasteiger partial charge < -0.3 is 15.3 Å². The van der Waals surface area contributed by atoms with Gasteiger partial charge in [0.25, 0.3) is 5.91 Å². The molecule has 0 aromatic carbocycles. The molecule has 2 aromatic heterocycles. The quantitative estimate of drug-likeness (QED) is 0.807. The van der Waals surface area contributed by atoms with Gasteiger partial charge in [0.1, 0.15) is 5.03 Å². The standard InChI is InChI=1S/C16H19N5O2S/c1-24-14-11(4-2-6-17-14)15(23)21-9-5-12(13(22)10-21)20-16-18-7-3-8-19-16/h2-4,6-8,12-13,22H,5,9-10H2,1H3,(H,18,19,20)/t12-,13-/m1/s1. The minimum atomic E-state index is -0.680. The molecule has 2 N–H and O–H groups in total. The third kappa shape index (κ3) is 3.65. The highest BCUT2D eigenvalue weighted by Crippen LogP contribution is 2.22. The van der Waals surface area contributed by atoms with Crippen LogP contribution in [0, 0.1) is 0 Å². The number of aromatic nitrogens is 3. The summed E-state index contributed by atoms with van der Waals surface area (Å²) >= 11 is 1.44. The predicted octanol–water partition coefficient (Wildman–Crippen LogP) is 1.28. The average Bonchev–Trinajstić information content (AvgIpc) is 2.63. The fraction of sp³-hybridized carbons (Fsp3) is 0.375. The molecule has 3 heterocycles. The molecule has 0 saturated carbocycles. The number of hydrogen-bond acceptors (Lipinski definition) is 7. The highest BCUT2D eigenvalue weighted by Gasteiger charge is 2.31. The number of likely N-dealkylation sites (tertiary alicyclic amines) is 1. The van der Waals surface area contributed by atoms with Crippen molar-refractivity contribution in [1.82, 2.24) is 19.9 Å². The molecule has 0 unspecified atom stereocenters. The summed E-state index contributed by atoms with van der Waals surface area (Å²) in [5.41, 5.74) is 0.579. The minimum absolute atomic E-state index is 0.0964. The van der Waals surface area contributed by atoms with Crippen molar-refractivity contribution in [3.8, 4) is 0 Å². The minimum Gasteiger partial charge on any atom is -0.389 e. The number of piperidine rings is 1. The maximum atomic E-state index is 12.7. The number of aliphatic hydroxyl groups excluding tert-OH is 1. The van der Waals surface area contributed by atoms with E-state index in [1.54, 1.807) is 41.7 Å². The van der Waals surface area contributed by atoms with Gasteiger partial charge in [0.05, 0.1) is 17.7 Å². The first-order valence-electron chi connectivity index (χ1n) is 7.69. The normalized spacial score (nSPS) is 20.7. The highest BCUT2D eigenvalue weighted by molar-refractivity contribution is 7.98. The Morgan fingerprint density at radius 2 is 2.04 bits per heavy atom. The fourth-order valence-corrected chi connectivity index (χ4v) is 3.25. The first kappa shape index (κ1) is 16.7. The van der Waals surface area contributed by atoms with Crippen LogP contribution in [0.3, 0.4) is 0 Å². The Kier molecular flexibility index (Phi) is 5.27. The lowest BCUT2D eigenvalue weighted by Crippen LogP contribution is -2.51. The second-order valence-corrected chi connectivity index (χ2v) is 6.29. The average molecular weight is 345 g/mol. The number of aliphatic hydroxyl groups is 1. The van der Waals surface area contributed by atoms with Crippen molar-refractivity contribution >= 4 is 23.6 Å². The van der Waals surface area contributed by atoms with E-state index in [0.717, 1.165) is 0 Å². The fourth-order valence-electron chi connectivity index (χ4n) is 2.71. The van der Waals surface area contributed by atoms with Crippen molar-refractivity contribution in [2.75, 3.05) is 24.7 Å². The van der Waals surface area contributed by atoms with Crippen LogP contribution in [0.4, 0.5) is 5.95 Å². The number of nitrogens with zero attached hydrogens (tertiary/aromatic N) is 4. The first-order chi connectivity index (χ1) is 11.7. The topological polar surface area (TPSA) is 91.2 Å². The van der Waals surface area contributed by atoms with Gasteiger partial charge in [-0.3, -0.25) is 4.79 Å². The van der Waals surface area contributed by atoms with Crippen LogP contribution in [0.2, 0.25) is 0 Å². The number of β-amino-alcohol motifs (C(OH)–C–C–N with tert-alkyl or cyclic N) is 1. The molecule has 2 aromatic rings. The largest absolute Gasteiger partial charge is 0.389 e. The van der Waals surface area contributed by atoms with Crippen LogP contribution in [-0.2, 0) is 0 Å². The van der Waals surface area contributed by atoms with Crippen LogP contribution in [0.5, 0.6) is 0 Å². The molecule has 1 saturated heterocycles. The SMILES string of the molecule is CSc1ncccc1C(=O)N1CC[C@@H](Nc2ncccn2)[C@H](O)C1. The number of carbonyl (C=O) groups is 1. The molecule has 7 nitrogen and oxygen atoms in total. The zero-order valence-electron chi connectivity index (χ0n) is 13.3. The summed E-state index contributed by atoms with van der Waals surface area (Å²) in [4.78, 5) is 26.8. The van der Waals surface area contributed by atoms with E-state index in [4.69, 9.17) is 0 Å². The van der Waals surface area contributed by atoms with Gasteiger partial charge in [-0.15, -0.1) is 11.8 Å². The van der Waals surface area contributed by atoms with E-state index in [1.165, 1.54) is 11.8 Å². The molecular weight excluding hydrogens is 326 g/mol. The summed E-state index contributed by atoms with van der Waals surface area (Å²) in [5, 5.41) is 14.2. The van der Waals surface area contributed by atoms with Crippen molar-refractivity contribution in [3.63, 3.8) is 0 Å². The number of carbonyl (C=O) groups excluding carboxylic acids is 1. The zero-order chi connectivity index (χ0) is 16.9. The van der Waals surface area contributed by atoms with E-state index < -0.39 is 6.10 Å². The molecule has 0 radical (unpaired) electrons. The van der Waals surface area contributed by atoms with Crippen LogP contribution < -0.4 is 5.32 Å². The van der Waals surface area contributed by atoms with Crippen LogP contribution in [0.25, 0.3) is 0 Å². The Labute approximate surface area is 144 Å². The Balaban J connectivity index is 1.65. The molecule has 1 aliphatic rings. The lowest BCUT2D eigenvalue weighted by Gasteiger charge is -2.36. The van der Waals surface area contributed by atoms with Crippen molar-refractivity contribution in [2.45, 2.75) is 23.6 Å². The number of nitrogens with one attached hydrogen (secondary N) is 1. The Bertz CT molecular complexity index is 700. The number of thioether (sulfide) groups is 1. The van der Waals surface area contributed by atoms with Crippen molar-refractivity contribution in [3.05, 3.63) is 42.4 Å². The molecular formula is C16H19N5O2S. The Morgan fingerprint density at radius 1 is 1.29 bits per heavy atom. The number of anilines is 1. The lowest BCUT2D eigenvalue weighted by atomic mass is 10.0. The maximum Gasteiger partial charge on any atom is 0.256 e. The van der Waals surface area contributed by atoms with Gasteiger partial charge in [0.15, 0.2) is 0 Å². The van der Waals surface area contributed by atoms with Crippen LogP contribution >= 0.6 is 11.8 Å². The van der Waals surface area contributed by atoms with Gasteiger partial charge >= 0.3 is 0 Å². The molecule has 0 aliphatic carbocycles. The Morgan fingerprint density at radius 3 is 2.75 bits per heavy atom. The number of amides is 1. The molecule has 3 rings (SSSR count). The van der Waals surface area contributed by atoms with Crippen molar-refractivity contribution in [2.24, 2.45) is 0 Å². The number of pyridine rings is 1. The molecule has 1 amide bonds. The van der Waals surface area contributed by atoms with Crippen LogP contribution in [-0.4, -0.2) is 62.4 Å². The number of rotatable bonds is 4. The summed E-state index contributed by atoms with van der Waals surface area (Å²) in [5.74, 6) is 0.388. The number of hydrogen-bond donors (Lipinski definition) is 2. The summed E-state index contributed by atoms with van der Waals surface area (Å²) in [6, 6.07) is 5.09. The lowest BCUT2D eigenvalue weighted by molar-refractivity contribution is 0.0422. The van der Waals surface area contributed by atoms with Crippen LogP contribution in [0.1, 0.15) is 16.8 Å². The third-order valence-corrected chi connectivity index (χ3v) is 4.66. The smallest absolute Gasteiger partial charge is 0.256 e. The molecule has 1 aliphatic heterocycles. The Hall–Kier alpha value is -2.19. The molecule has 126 valence electrons. The van der Waals surface area contributed by atoms with E-state index in [0.29, 0.717) is 29.5 Å². The highest BCUT2D eigenvalue weighted by atomic mass is 32.2. The van der Waals surface area contributed by atoms with Gasteiger partial charge in [0, 0.05) is 31.7 Å². The summed E-state index contributed by atoms with van der Waals surface area (Å²) in [6.45, 7) is 0.829.